The quantitative estimate of drug-likeness (QED) is 0.0262. The first kappa shape index (κ1) is 59.6. The number of hydrogen-bond donors (Lipinski definition) is 0. The van der Waals surface area contributed by atoms with Crippen molar-refractivity contribution in [3.63, 3.8) is 0 Å². The largest absolute Gasteiger partial charge is 0.462 e. The molecule has 0 aromatic heterocycles. The Labute approximate surface area is 388 Å². The molecule has 0 aromatic rings. The number of allylic oxidation sites excluding steroid dienone is 14. The van der Waals surface area contributed by atoms with Crippen molar-refractivity contribution in [1.82, 2.24) is 0 Å². The van der Waals surface area contributed by atoms with Crippen molar-refractivity contribution in [1.29, 1.82) is 0 Å². The van der Waals surface area contributed by atoms with Crippen LogP contribution in [-0.2, 0) is 28.6 Å². The van der Waals surface area contributed by atoms with E-state index in [1.165, 1.54) is 96.3 Å². The van der Waals surface area contributed by atoms with Gasteiger partial charge >= 0.3 is 17.9 Å². The van der Waals surface area contributed by atoms with Gasteiger partial charge in [-0.05, 0) is 96.3 Å². The lowest BCUT2D eigenvalue weighted by molar-refractivity contribution is -0.167. The van der Waals surface area contributed by atoms with E-state index < -0.39 is 6.10 Å². The van der Waals surface area contributed by atoms with Gasteiger partial charge in [0.2, 0.25) is 0 Å². The molecular weight excluding hydrogens is 781 g/mol. The summed E-state index contributed by atoms with van der Waals surface area (Å²) in [6, 6.07) is 0. The fourth-order valence-corrected chi connectivity index (χ4v) is 6.97. The lowest BCUT2D eigenvalue weighted by Gasteiger charge is -2.18. The highest BCUT2D eigenvalue weighted by molar-refractivity contribution is 5.71. The zero-order valence-corrected chi connectivity index (χ0v) is 41.1. The summed E-state index contributed by atoms with van der Waals surface area (Å²) in [5, 5.41) is 0. The van der Waals surface area contributed by atoms with E-state index in [0.29, 0.717) is 19.3 Å². The van der Waals surface area contributed by atoms with E-state index in [1.54, 1.807) is 0 Å². The standard InChI is InChI=1S/C57H96O6/c1-4-7-10-13-16-18-20-22-24-25-26-27-28-29-30-31-33-34-36-38-41-44-47-50-56(59)62-53-54(52-61-55(58)49-46-43-40-15-12-9-6-3)63-57(60)51-48-45-42-39-37-35-32-23-21-19-17-14-11-8-5-2/h8,11,17,19-20,22-23,25-26,28-29,32,37,39,54H,4-7,9-10,12-16,18,21,24,27,30-31,33-36,38,40-53H2,1-3H3/b11-8-,19-17-,22-20-,26-25-,29-28-,32-23-,39-37-. The maximum atomic E-state index is 12.7. The summed E-state index contributed by atoms with van der Waals surface area (Å²) < 4.78 is 16.7. The van der Waals surface area contributed by atoms with Gasteiger partial charge in [-0.3, -0.25) is 14.4 Å². The molecule has 0 aliphatic rings. The molecule has 0 aromatic carbocycles. The summed E-state index contributed by atoms with van der Waals surface area (Å²) in [5.41, 5.74) is 0. The SMILES string of the molecule is CC/C=C\C/C=C\C/C=C\C/C=C\CCCCC(=O)OC(COC(=O)CCCCCCCCC)COC(=O)CCCCCCCCCC/C=C\C/C=C\C/C=C\CCCCCCC. The van der Waals surface area contributed by atoms with Crippen LogP contribution in [0.2, 0.25) is 0 Å². The molecule has 0 aliphatic heterocycles. The third kappa shape index (κ3) is 49.5. The Kier molecular flexibility index (Phi) is 48.5. The van der Waals surface area contributed by atoms with Crippen LogP contribution < -0.4 is 0 Å². The molecule has 6 nitrogen and oxygen atoms in total. The van der Waals surface area contributed by atoms with Crippen LogP contribution in [0.4, 0.5) is 0 Å². The van der Waals surface area contributed by atoms with Crippen molar-refractivity contribution in [3.8, 4) is 0 Å². The van der Waals surface area contributed by atoms with Gasteiger partial charge in [-0.1, -0.05) is 209 Å². The van der Waals surface area contributed by atoms with Crippen LogP contribution in [0.15, 0.2) is 85.1 Å². The van der Waals surface area contributed by atoms with E-state index in [1.807, 2.05) is 0 Å². The Bertz CT molecular complexity index is 1240. The summed E-state index contributed by atoms with van der Waals surface area (Å²) in [5.74, 6) is -0.954. The first-order valence-electron chi connectivity index (χ1n) is 26.1. The highest BCUT2D eigenvalue weighted by Gasteiger charge is 2.19. The van der Waals surface area contributed by atoms with Crippen molar-refractivity contribution in [2.24, 2.45) is 0 Å². The minimum absolute atomic E-state index is 0.0959. The van der Waals surface area contributed by atoms with Gasteiger partial charge in [0.15, 0.2) is 6.10 Å². The van der Waals surface area contributed by atoms with Gasteiger partial charge in [0.1, 0.15) is 13.2 Å². The number of rotatable bonds is 46. The predicted molar refractivity (Wildman–Crippen MR) is 270 cm³/mol. The molecule has 0 aliphatic carbocycles. The van der Waals surface area contributed by atoms with Gasteiger partial charge in [-0.25, -0.2) is 0 Å². The molecule has 1 unspecified atom stereocenters. The third-order valence-electron chi connectivity index (χ3n) is 10.9. The number of unbranched alkanes of at least 4 members (excludes halogenated alkanes) is 21. The Hall–Kier alpha value is -3.41. The van der Waals surface area contributed by atoms with E-state index in [9.17, 15) is 14.4 Å². The molecule has 360 valence electrons. The van der Waals surface area contributed by atoms with Crippen LogP contribution in [-0.4, -0.2) is 37.2 Å². The van der Waals surface area contributed by atoms with Crippen molar-refractivity contribution in [2.45, 2.75) is 245 Å². The van der Waals surface area contributed by atoms with Crippen LogP contribution in [0.25, 0.3) is 0 Å². The maximum absolute atomic E-state index is 12.7. The zero-order chi connectivity index (χ0) is 45.8. The molecule has 0 rings (SSSR count). The molecular formula is C57H96O6. The fraction of sp³-hybridized carbons (Fsp3) is 0.702. The molecule has 0 fully saturated rings. The predicted octanol–water partition coefficient (Wildman–Crippen LogP) is 17.2. The zero-order valence-electron chi connectivity index (χ0n) is 41.1. The number of esters is 3. The van der Waals surface area contributed by atoms with Crippen molar-refractivity contribution >= 4 is 17.9 Å². The Balaban J connectivity index is 4.28. The second-order valence-corrected chi connectivity index (χ2v) is 17.1. The van der Waals surface area contributed by atoms with E-state index in [2.05, 4.69) is 106 Å². The van der Waals surface area contributed by atoms with Gasteiger partial charge in [-0.15, -0.1) is 0 Å². The lowest BCUT2D eigenvalue weighted by Crippen LogP contribution is -2.30. The van der Waals surface area contributed by atoms with Gasteiger partial charge in [0.25, 0.3) is 0 Å². The Morgan fingerprint density at radius 3 is 1.00 bits per heavy atom. The van der Waals surface area contributed by atoms with Crippen molar-refractivity contribution < 1.29 is 28.6 Å². The third-order valence-corrected chi connectivity index (χ3v) is 10.9. The van der Waals surface area contributed by atoms with Crippen LogP contribution in [0, 0.1) is 0 Å². The van der Waals surface area contributed by atoms with E-state index in [4.69, 9.17) is 14.2 Å². The molecule has 63 heavy (non-hydrogen) atoms. The number of carbonyl (C=O) groups excluding carboxylic acids is 3. The normalized spacial score (nSPS) is 12.7. The molecule has 0 spiro atoms. The van der Waals surface area contributed by atoms with E-state index in [-0.39, 0.29) is 37.5 Å². The monoisotopic (exact) mass is 877 g/mol. The molecule has 6 heteroatoms. The summed E-state index contributed by atoms with van der Waals surface area (Å²) in [7, 11) is 0. The highest BCUT2D eigenvalue weighted by atomic mass is 16.6. The summed E-state index contributed by atoms with van der Waals surface area (Å²) in [6.45, 7) is 6.42. The molecule has 0 radical (unpaired) electrons. The van der Waals surface area contributed by atoms with Crippen molar-refractivity contribution in [3.05, 3.63) is 85.1 Å². The van der Waals surface area contributed by atoms with Crippen LogP contribution in [0.3, 0.4) is 0 Å². The minimum atomic E-state index is -0.798. The molecule has 0 N–H and O–H groups in total. The second kappa shape index (κ2) is 51.2. The van der Waals surface area contributed by atoms with E-state index in [0.717, 1.165) is 96.3 Å². The van der Waals surface area contributed by atoms with Crippen LogP contribution in [0.1, 0.15) is 239 Å². The van der Waals surface area contributed by atoms with Gasteiger partial charge in [0.05, 0.1) is 0 Å². The summed E-state index contributed by atoms with van der Waals surface area (Å²) >= 11 is 0. The first-order chi connectivity index (χ1) is 31.0. The summed E-state index contributed by atoms with van der Waals surface area (Å²) in [6.07, 6.45) is 65.9. The number of hydrogen-bond acceptors (Lipinski definition) is 6. The Morgan fingerprint density at radius 1 is 0.333 bits per heavy atom. The molecule has 1 atom stereocenters. The first-order valence-corrected chi connectivity index (χ1v) is 26.1. The molecule has 0 saturated heterocycles. The highest BCUT2D eigenvalue weighted by Crippen LogP contribution is 2.13. The van der Waals surface area contributed by atoms with Crippen LogP contribution in [0.5, 0.6) is 0 Å². The van der Waals surface area contributed by atoms with Crippen LogP contribution >= 0.6 is 0 Å². The maximum Gasteiger partial charge on any atom is 0.306 e. The number of ether oxygens (including phenoxy) is 3. The lowest BCUT2D eigenvalue weighted by atomic mass is 10.1. The molecule has 0 amide bonds. The smallest absolute Gasteiger partial charge is 0.306 e. The second-order valence-electron chi connectivity index (χ2n) is 17.1. The Morgan fingerprint density at radius 2 is 0.619 bits per heavy atom. The van der Waals surface area contributed by atoms with Gasteiger partial charge in [0, 0.05) is 19.3 Å². The fourth-order valence-electron chi connectivity index (χ4n) is 6.97. The topological polar surface area (TPSA) is 78.9 Å². The van der Waals surface area contributed by atoms with Gasteiger partial charge < -0.3 is 14.2 Å². The van der Waals surface area contributed by atoms with Crippen molar-refractivity contribution in [2.75, 3.05) is 13.2 Å². The summed E-state index contributed by atoms with van der Waals surface area (Å²) in [4.78, 5) is 37.8. The minimum Gasteiger partial charge on any atom is -0.462 e. The molecule has 0 heterocycles. The average molecular weight is 877 g/mol. The van der Waals surface area contributed by atoms with E-state index >= 15 is 0 Å². The van der Waals surface area contributed by atoms with Gasteiger partial charge in [-0.2, -0.15) is 0 Å². The number of carbonyl (C=O) groups is 3. The molecule has 0 saturated carbocycles. The average Bonchev–Trinajstić information content (AvgIpc) is 3.28. The molecule has 0 bridgehead atoms.